The number of hydrogen-bond acceptors (Lipinski definition) is 7. The number of nitrogens with zero attached hydrogens (tertiary/aromatic N) is 6. The highest BCUT2D eigenvalue weighted by molar-refractivity contribution is 7.88. The molecule has 0 saturated carbocycles. The highest BCUT2D eigenvalue weighted by Crippen LogP contribution is 2.23. The standard InChI is InChI=1S/C18H18N6O3S/c1-28(26,27)23-4-2-22(3-5-23)18-8-14-12-24(21-17(14)11-20-18)15-6-13(10-19)7-16(25)9-15/h6-9,11-12,25H,2-5H2,1H3. The number of anilines is 1. The molecule has 0 spiro atoms. The van der Waals surface area contributed by atoms with Crippen molar-refractivity contribution in [3.8, 4) is 17.5 Å². The van der Waals surface area contributed by atoms with E-state index < -0.39 is 10.0 Å². The molecule has 1 fully saturated rings. The molecule has 3 aromatic rings. The fraction of sp³-hybridized carbons (Fsp3) is 0.278. The second-order valence-corrected chi connectivity index (χ2v) is 8.66. The zero-order valence-electron chi connectivity index (χ0n) is 15.1. The van der Waals surface area contributed by atoms with Crippen molar-refractivity contribution in [1.29, 1.82) is 5.26 Å². The maximum absolute atomic E-state index is 11.7. The predicted molar refractivity (Wildman–Crippen MR) is 104 cm³/mol. The van der Waals surface area contributed by atoms with Gasteiger partial charge < -0.3 is 10.0 Å². The quantitative estimate of drug-likeness (QED) is 0.702. The molecule has 9 nitrogen and oxygen atoms in total. The van der Waals surface area contributed by atoms with Crippen molar-refractivity contribution in [2.24, 2.45) is 0 Å². The van der Waals surface area contributed by atoms with Gasteiger partial charge in [-0.3, -0.25) is 0 Å². The Hall–Kier alpha value is -3.16. The smallest absolute Gasteiger partial charge is 0.211 e. The third kappa shape index (κ3) is 3.49. The lowest BCUT2D eigenvalue weighted by Gasteiger charge is -2.33. The second kappa shape index (κ2) is 6.78. The fourth-order valence-electron chi connectivity index (χ4n) is 3.26. The van der Waals surface area contributed by atoms with Crippen LogP contribution in [0.3, 0.4) is 0 Å². The summed E-state index contributed by atoms with van der Waals surface area (Å²) in [6.45, 7) is 1.99. The van der Waals surface area contributed by atoms with Crippen LogP contribution in [-0.4, -0.2) is 65.0 Å². The lowest BCUT2D eigenvalue weighted by molar-refractivity contribution is 0.387. The van der Waals surface area contributed by atoms with Gasteiger partial charge >= 0.3 is 0 Å². The number of piperazine rings is 1. The van der Waals surface area contributed by atoms with Crippen molar-refractivity contribution in [1.82, 2.24) is 19.1 Å². The largest absolute Gasteiger partial charge is 0.508 e. The number of phenols is 1. The zero-order valence-corrected chi connectivity index (χ0v) is 16.0. The van der Waals surface area contributed by atoms with E-state index in [9.17, 15) is 13.5 Å². The van der Waals surface area contributed by atoms with Gasteiger partial charge in [0.25, 0.3) is 0 Å². The molecule has 0 unspecified atom stereocenters. The number of phenolic OH excluding ortho intramolecular Hbond substituents is 1. The van der Waals surface area contributed by atoms with E-state index in [0.29, 0.717) is 42.9 Å². The Morgan fingerprint density at radius 3 is 2.57 bits per heavy atom. The Bertz CT molecular complexity index is 1190. The highest BCUT2D eigenvalue weighted by Gasteiger charge is 2.24. The van der Waals surface area contributed by atoms with Crippen LogP contribution in [0, 0.1) is 11.3 Å². The predicted octanol–water partition coefficient (Wildman–Crippen LogP) is 1.08. The van der Waals surface area contributed by atoms with E-state index in [-0.39, 0.29) is 5.75 Å². The van der Waals surface area contributed by atoms with E-state index in [0.717, 1.165) is 11.2 Å². The Labute approximate surface area is 162 Å². The maximum Gasteiger partial charge on any atom is 0.211 e. The Kier molecular flexibility index (Phi) is 4.41. The minimum Gasteiger partial charge on any atom is -0.508 e. The molecule has 1 aromatic carbocycles. The van der Waals surface area contributed by atoms with Gasteiger partial charge in [-0.15, -0.1) is 0 Å². The normalized spacial score (nSPS) is 15.6. The summed E-state index contributed by atoms with van der Waals surface area (Å²) in [6, 6.07) is 8.48. The Balaban J connectivity index is 1.61. The van der Waals surface area contributed by atoms with E-state index >= 15 is 0 Å². The monoisotopic (exact) mass is 398 g/mol. The van der Waals surface area contributed by atoms with Gasteiger partial charge in [-0.25, -0.2) is 18.1 Å². The van der Waals surface area contributed by atoms with Crippen molar-refractivity contribution in [3.05, 3.63) is 42.2 Å². The highest BCUT2D eigenvalue weighted by atomic mass is 32.2. The third-order valence-electron chi connectivity index (χ3n) is 4.70. The molecule has 2 aromatic heterocycles. The fourth-order valence-corrected chi connectivity index (χ4v) is 4.09. The molecule has 0 atom stereocenters. The summed E-state index contributed by atoms with van der Waals surface area (Å²) in [6.07, 6.45) is 4.70. The van der Waals surface area contributed by atoms with E-state index in [1.807, 2.05) is 23.2 Å². The van der Waals surface area contributed by atoms with Crippen LogP contribution in [-0.2, 0) is 10.0 Å². The summed E-state index contributed by atoms with van der Waals surface area (Å²) in [5, 5.41) is 24.2. The molecule has 1 aliphatic heterocycles. The van der Waals surface area contributed by atoms with E-state index in [1.54, 1.807) is 16.9 Å². The Morgan fingerprint density at radius 1 is 1.14 bits per heavy atom. The molecule has 0 aliphatic carbocycles. The topological polar surface area (TPSA) is 115 Å². The molecule has 0 amide bonds. The van der Waals surface area contributed by atoms with E-state index in [1.165, 1.54) is 22.7 Å². The number of hydrogen-bond donors (Lipinski definition) is 1. The van der Waals surface area contributed by atoms with Crippen molar-refractivity contribution >= 4 is 26.7 Å². The average Bonchev–Trinajstić information content (AvgIpc) is 3.10. The molecule has 1 aliphatic rings. The van der Waals surface area contributed by atoms with Crippen LogP contribution in [0.25, 0.3) is 16.6 Å². The first kappa shape index (κ1) is 18.2. The molecule has 3 heterocycles. The third-order valence-corrected chi connectivity index (χ3v) is 6.01. The van der Waals surface area contributed by atoms with Gasteiger partial charge in [0.2, 0.25) is 10.0 Å². The van der Waals surface area contributed by atoms with Gasteiger partial charge in [0, 0.05) is 43.8 Å². The lowest BCUT2D eigenvalue weighted by atomic mass is 10.2. The SMILES string of the molecule is CS(=O)(=O)N1CCN(c2cc3cn(-c4cc(O)cc(C#N)c4)nc3cn2)CC1. The summed E-state index contributed by atoms with van der Waals surface area (Å²) in [5.41, 5.74) is 1.61. The van der Waals surface area contributed by atoms with Crippen LogP contribution < -0.4 is 4.90 Å². The summed E-state index contributed by atoms with van der Waals surface area (Å²) in [7, 11) is -3.17. The first-order valence-electron chi connectivity index (χ1n) is 8.63. The second-order valence-electron chi connectivity index (χ2n) is 6.67. The number of nitriles is 1. The van der Waals surface area contributed by atoms with Crippen LogP contribution in [0.1, 0.15) is 5.56 Å². The maximum atomic E-state index is 11.7. The van der Waals surface area contributed by atoms with Crippen molar-refractivity contribution in [3.63, 3.8) is 0 Å². The van der Waals surface area contributed by atoms with Gasteiger partial charge in [-0.2, -0.15) is 14.7 Å². The number of pyridine rings is 1. The lowest BCUT2D eigenvalue weighted by Crippen LogP contribution is -2.48. The van der Waals surface area contributed by atoms with E-state index in [2.05, 4.69) is 10.1 Å². The molecule has 1 saturated heterocycles. The van der Waals surface area contributed by atoms with Crippen molar-refractivity contribution < 1.29 is 13.5 Å². The Morgan fingerprint density at radius 2 is 1.89 bits per heavy atom. The van der Waals surface area contributed by atoms with Crippen LogP contribution in [0.5, 0.6) is 5.75 Å². The minimum atomic E-state index is -3.17. The molecule has 0 bridgehead atoms. The summed E-state index contributed by atoms with van der Waals surface area (Å²) in [5.74, 6) is 0.755. The van der Waals surface area contributed by atoms with Crippen molar-refractivity contribution in [2.45, 2.75) is 0 Å². The van der Waals surface area contributed by atoms with Crippen LogP contribution in [0.4, 0.5) is 5.82 Å². The van der Waals surface area contributed by atoms with Crippen LogP contribution in [0.15, 0.2) is 36.7 Å². The molecular weight excluding hydrogens is 380 g/mol. The molecule has 144 valence electrons. The number of benzene rings is 1. The van der Waals surface area contributed by atoms with Gasteiger partial charge in [0.05, 0.1) is 29.8 Å². The molecule has 1 N–H and O–H groups in total. The van der Waals surface area contributed by atoms with E-state index in [4.69, 9.17) is 5.26 Å². The molecule has 4 rings (SSSR count). The average molecular weight is 398 g/mol. The number of fused-ring (bicyclic) bond motifs is 1. The molecule has 0 radical (unpaired) electrons. The minimum absolute atomic E-state index is 0.00355. The number of rotatable bonds is 3. The van der Waals surface area contributed by atoms with Gasteiger partial charge in [-0.05, 0) is 18.2 Å². The van der Waals surface area contributed by atoms with Crippen molar-refractivity contribution in [2.75, 3.05) is 37.3 Å². The summed E-state index contributed by atoms with van der Waals surface area (Å²) < 4.78 is 26.4. The van der Waals surface area contributed by atoms with Gasteiger partial charge in [-0.1, -0.05) is 0 Å². The van der Waals surface area contributed by atoms with Gasteiger partial charge in [0.15, 0.2) is 0 Å². The molecule has 10 heteroatoms. The first-order chi connectivity index (χ1) is 13.3. The number of aromatic hydroxyl groups is 1. The molecular formula is C18H18N6O3S. The van der Waals surface area contributed by atoms with Crippen LogP contribution >= 0.6 is 0 Å². The number of sulfonamides is 1. The number of aromatic nitrogens is 3. The summed E-state index contributed by atoms with van der Waals surface area (Å²) >= 11 is 0. The van der Waals surface area contributed by atoms with Gasteiger partial charge in [0.1, 0.15) is 17.1 Å². The van der Waals surface area contributed by atoms with Crippen LogP contribution in [0.2, 0.25) is 0 Å². The summed E-state index contributed by atoms with van der Waals surface area (Å²) in [4.78, 5) is 6.50. The zero-order chi connectivity index (χ0) is 19.9. The molecule has 28 heavy (non-hydrogen) atoms. The first-order valence-corrected chi connectivity index (χ1v) is 10.5.